The molecule has 1 N–H and O–H groups in total. The van der Waals surface area contributed by atoms with Gasteiger partial charge >= 0.3 is 0 Å². The summed E-state index contributed by atoms with van der Waals surface area (Å²) in [6.45, 7) is 2.84. The maximum atomic E-state index is 13.2. The predicted octanol–water partition coefficient (Wildman–Crippen LogP) is 2.86. The van der Waals surface area contributed by atoms with Crippen molar-refractivity contribution in [3.63, 3.8) is 0 Å². The van der Waals surface area contributed by atoms with Crippen LogP contribution in [0.25, 0.3) is 0 Å². The zero-order valence-corrected chi connectivity index (χ0v) is 14.2. The number of carbonyl (C=O) groups is 1. The van der Waals surface area contributed by atoms with Gasteiger partial charge in [-0.15, -0.1) is 12.4 Å². The number of rotatable bonds is 1. The number of carbonyl (C=O) groups excluding carboxylic acids is 1. The van der Waals surface area contributed by atoms with Crippen LogP contribution in [0.3, 0.4) is 0 Å². The van der Waals surface area contributed by atoms with Gasteiger partial charge in [-0.3, -0.25) is 4.79 Å². The molecule has 1 unspecified atom stereocenters. The molecule has 0 aromatic heterocycles. The Morgan fingerprint density at radius 2 is 1.83 bits per heavy atom. The van der Waals surface area contributed by atoms with E-state index in [1.807, 2.05) is 41.3 Å². The summed E-state index contributed by atoms with van der Waals surface area (Å²) in [5.41, 5.74) is 4.38. The van der Waals surface area contributed by atoms with Crippen molar-refractivity contribution < 1.29 is 9.53 Å². The first-order chi connectivity index (χ1) is 11.3. The Kier molecular flexibility index (Phi) is 5.19. The third-order valence-corrected chi connectivity index (χ3v) is 4.59. The first-order valence-electron chi connectivity index (χ1n) is 8.14. The van der Waals surface area contributed by atoms with Crippen LogP contribution in [0.15, 0.2) is 48.5 Å². The van der Waals surface area contributed by atoms with Gasteiger partial charge in [-0.1, -0.05) is 42.5 Å². The van der Waals surface area contributed by atoms with Crippen LogP contribution >= 0.6 is 12.4 Å². The van der Waals surface area contributed by atoms with Crippen molar-refractivity contribution in [3.8, 4) is 0 Å². The molecular formula is C19H21ClN2O2. The van der Waals surface area contributed by atoms with Crippen LogP contribution in [-0.4, -0.2) is 25.6 Å². The lowest BCUT2D eigenvalue weighted by molar-refractivity contribution is -0.131. The molecule has 2 aromatic carbocycles. The lowest BCUT2D eigenvalue weighted by atomic mass is 9.96. The highest BCUT2D eigenvalue weighted by Crippen LogP contribution is 2.31. The van der Waals surface area contributed by atoms with E-state index in [0.717, 1.165) is 36.3 Å². The first-order valence-corrected chi connectivity index (χ1v) is 8.14. The molecule has 2 aliphatic heterocycles. The second kappa shape index (κ2) is 7.34. The Hall–Kier alpha value is -1.88. The summed E-state index contributed by atoms with van der Waals surface area (Å²) >= 11 is 0. The van der Waals surface area contributed by atoms with Crippen molar-refractivity contribution in [1.82, 2.24) is 5.32 Å². The van der Waals surface area contributed by atoms with E-state index in [1.54, 1.807) is 0 Å². The average Bonchev–Trinajstić information content (AvgIpc) is 2.83. The number of benzene rings is 2. The van der Waals surface area contributed by atoms with Crippen LogP contribution in [0, 0.1) is 0 Å². The van der Waals surface area contributed by atoms with Gasteiger partial charge in [0.05, 0.1) is 6.61 Å². The fourth-order valence-electron chi connectivity index (χ4n) is 3.43. The predicted molar refractivity (Wildman–Crippen MR) is 96.6 cm³/mol. The Morgan fingerprint density at radius 1 is 1.08 bits per heavy atom. The molecule has 0 bridgehead atoms. The fourth-order valence-corrected chi connectivity index (χ4v) is 3.43. The molecule has 5 heteroatoms. The second-order valence-corrected chi connectivity index (χ2v) is 6.00. The molecule has 0 aliphatic carbocycles. The average molecular weight is 345 g/mol. The largest absolute Gasteiger partial charge is 0.363 e. The minimum absolute atomic E-state index is 0. The number of nitrogens with zero attached hydrogens (tertiary/aromatic N) is 1. The van der Waals surface area contributed by atoms with Gasteiger partial charge < -0.3 is 15.0 Å². The van der Waals surface area contributed by atoms with E-state index in [-0.39, 0.29) is 18.3 Å². The number of amides is 1. The quantitative estimate of drug-likeness (QED) is 0.865. The molecule has 2 aliphatic rings. The van der Waals surface area contributed by atoms with E-state index in [4.69, 9.17) is 4.74 Å². The molecule has 1 amide bonds. The van der Waals surface area contributed by atoms with E-state index in [9.17, 15) is 4.79 Å². The molecule has 4 rings (SSSR count). The Labute approximate surface area is 148 Å². The van der Waals surface area contributed by atoms with Gasteiger partial charge in [0.2, 0.25) is 0 Å². The third kappa shape index (κ3) is 3.05. The minimum atomic E-state index is -0.494. The normalized spacial score (nSPS) is 19.5. The molecule has 24 heavy (non-hydrogen) atoms. The van der Waals surface area contributed by atoms with E-state index in [0.29, 0.717) is 13.2 Å². The zero-order chi connectivity index (χ0) is 15.6. The Morgan fingerprint density at radius 3 is 2.71 bits per heavy atom. The minimum Gasteiger partial charge on any atom is -0.363 e. The van der Waals surface area contributed by atoms with Gasteiger partial charge in [0.25, 0.3) is 5.91 Å². The summed E-state index contributed by atoms with van der Waals surface area (Å²) in [7, 11) is 0. The summed E-state index contributed by atoms with van der Waals surface area (Å²) in [6, 6.07) is 16.2. The molecular weight excluding hydrogens is 324 g/mol. The topological polar surface area (TPSA) is 41.6 Å². The smallest absolute Gasteiger partial charge is 0.260 e. The fraction of sp³-hybridized carbons (Fsp3) is 0.316. The van der Waals surface area contributed by atoms with Gasteiger partial charge in [-0.2, -0.15) is 0 Å². The van der Waals surface area contributed by atoms with Crippen molar-refractivity contribution in [1.29, 1.82) is 0 Å². The lowest BCUT2D eigenvalue weighted by Gasteiger charge is -2.31. The molecule has 0 saturated carbocycles. The maximum absolute atomic E-state index is 13.2. The molecule has 0 fully saturated rings. The molecule has 2 aromatic rings. The van der Waals surface area contributed by atoms with Gasteiger partial charge in [-0.25, -0.2) is 0 Å². The highest BCUT2D eigenvalue weighted by atomic mass is 35.5. The number of para-hydroxylation sites is 1. The van der Waals surface area contributed by atoms with Gasteiger partial charge in [0.1, 0.15) is 0 Å². The van der Waals surface area contributed by atoms with E-state index in [1.165, 1.54) is 5.56 Å². The van der Waals surface area contributed by atoms with E-state index in [2.05, 4.69) is 17.4 Å². The van der Waals surface area contributed by atoms with Gasteiger partial charge in [0.15, 0.2) is 6.10 Å². The number of ether oxygens (including phenoxy) is 1. The summed E-state index contributed by atoms with van der Waals surface area (Å²) in [6.07, 6.45) is 0.379. The van der Waals surface area contributed by atoms with Crippen molar-refractivity contribution in [2.75, 3.05) is 24.6 Å². The van der Waals surface area contributed by atoms with Crippen LogP contribution in [0.1, 0.15) is 22.8 Å². The van der Waals surface area contributed by atoms with Crippen molar-refractivity contribution in [2.45, 2.75) is 19.1 Å². The highest BCUT2D eigenvalue weighted by Gasteiger charge is 2.32. The van der Waals surface area contributed by atoms with Crippen LogP contribution in [0.2, 0.25) is 0 Å². The monoisotopic (exact) mass is 344 g/mol. The third-order valence-electron chi connectivity index (χ3n) is 4.59. The summed E-state index contributed by atoms with van der Waals surface area (Å²) in [5.74, 6) is 0.0355. The van der Waals surface area contributed by atoms with Crippen LogP contribution in [0.4, 0.5) is 5.69 Å². The number of fused-ring (bicyclic) bond motifs is 2. The molecule has 4 nitrogen and oxygen atoms in total. The van der Waals surface area contributed by atoms with Crippen molar-refractivity contribution in [2.24, 2.45) is 0 Å². The second-order valence-electron chi connectivity index (χ2n) is 6.00. The van der Waals surface area contributed by atoms with Gasteiger partial charge in [-0.05, 0) is 29.2 Å². The van der Waals surface area contributed by atoms with Crippen molar-refractivity contribution in [3.05, 3.63) is 65.2 Å². The number of hydrogen-bond acceptors (Lipinski definition) is 3. The lowest BCUT2D eigenvalue weighted by Crippen LogP contribution is -2.40. The molecule has 0 radical (unpaired) electrons. The standard InChI is InChI=1S/C19H20N2O2.ClH/c22-19(18-16-7-3-1-5-14(16)9-12-23-18)21-11-10-20-13-15-6-2-4-8-17(15)21;/h1-8,18,20H,9-13H2;1H. The SMILES string of the molecule is Cl.O=C(C1OCCc2ccccc21)N1CCNCc2ccccc21. The molecule has 1 atom stereocenters. The summed E-state index contributed by atoms with van der Waals surface area (Å²) in [4.78, 5) is 15.1. The molecule has 0 saturated heterocycles. The molecule has 2 heterocycles. The number of hydrogen-bond donors (Lipinski definition) is 1. The summed E-state index contributed by atoms with van der Waals surface area (Å²) < 4.78 is 5.86. The zero-order valence-electron chi connectivity index (χ0n) is 13.4. The molecule has 126 valence electrons. The van der Waals surface area contributed by atoms with Crippen molar-refractivity contribution >= 4 is 24.0 Å². The Bertz CT molecular complexity index is 735. The van der Waals surface area contributed by atoms with Crippen LogP contribution in [-0.2, 0) is 22.5 Å². The number of anilines is 1. The van der Waals surface area contributed by atoms with Crippen LogP contribution < -0.4 is 10.2 Å². The van der Waals surface area contributed by atoms with E-state index >= 15 is 0 Å². The number of nitrogens with one attached hydrogen (secondary N) is 1. The van der Waals surface area contributed by atoms with Crippen LogP contribution in [0.5, 0.6) is 0 Å². The number of halogens is 1. The molecule has 0 spiro atoms. The highest BCUT2D eigenvalue weighted by molar-refractivity contribution is 5.98. The Balaban J connectivity index is 0.00000169. The summed E-state index contributed by atoms with van der Waals surface area (Å²) in [5, 5.41) is 3.38. The maximum Gasteiger partial charge on any atom is 0.260 e. The first kappa shape index (κ1) is 17.0. The van der Waals surface area contributed by atoms with E-state index < -0.39 is 6.10 Å². The van der Waals surface area contributed by atoms with Gasteiger partial charge in [0, 0.05) is 25.3 Å².